The Bertz CT molecular complexity index is 1680. The smallest absolute Gasteiger partial charge is 0.462 e. The Morgan fingerprint density at radius 3 is 0.791 bits per heavy atom. The zero-order valence-corrected chi connectivity index (χ0v) is 57.4. The van der Waals surface area contributed by atoms with Crippen molar-refractivity contribution >= 4 is 39.5 Å². The molecular weight excluding hydrogens is 1140 g/mol. The zero-order valence-electron chi connectivity index (χ0n) is 55.6. The van der Waals surface area contributed by atoms with E-state index in [-0.39, 0.29) is 25.7 Å². The van der Waals surface area contributed by atoms with E-state index in [0.29, 0.717) is 25.7 Å². The number of carbonyl (C=O) groups excluding carboxylic acids is 4. The van der Waals surface area contributed by atoms with Crippen molar-refractivity contribution in [2.45, 2.75) is 355 Å². The first-order chi connectivity index (χ1) is 41.4. The van der Waals surface area contributed by atoms with Crippen molar-refractivity contribution in [3.63, 3.8) is 0 Å². The highest BCUT2D eigenvalue weighted by Gasteiger charge is 2.30. The van der Waals surface area contributed by atoms with Gasteiger partial charge in [-0.05, 0) is 37.5 Å². The highest BCUT2D eigenvalue weighted by molar-refractivity contribution is 7.47. The van der Waals surface area contributed by atoms with Gasteiger partial charge in [0.25, 0.3) is 0 Å². The lowest BCUT2D eigenvalue weighted by Gasteiger charge is -2.21. The van der Waals surface area contributed by atoms with E-state index in [0.717, 1.165) is 102 Å². The Kier molecular flexibility index (Phi) is 58.0. The molecular formula is C67H130O17P2. The van der Waals surface area contributed by atoms with E-state index >= 15 is 0 Å². The maximum atomic E-state index is 13.0. The molecule has 0 fully saturated rings. The fourth-order valence-electron chi connectivity index (χ4n) is 10.1. The normalized spacial score (nSPS) is 14.2. The van der Waals surface area contributed by atoms with Crippen LogP contribution in [0.1, 0.15) is 337 Å². The van der Waals surface area contributed by atoms with Crippen LogP contribution in [0.2, 0.25) is 0 Å². The Labute approximate surface area is 524 Å². The van der Waals surface area contributed by atoms with E-state index in [9.17, 15) is 43.2 Å². The molecule has 0 amide bonds. The molecule has 0 rings (SSSR count). The summed E-state index contributed by atoms with van der Waals surface area (Å²) in [5.74, 6) is -0.685. The summed E-state index contributed by atoms with van der Waals surface area (Å²) >= 11 is 0. The number of phosphoric ester groups is 2. The van der Waals surface area contributed by atoms with Gasteiger partial charge in [0.05, 0.1) is 26.4 Å². The number of hydrogen-bond acceptors (Lipinski definition) is 15. The van der Waals surface area contributed by atoms with Gasteiger partial charge in [0, 0.05) is 25.7 Å². The second-order valence-electron chi connectivity index (χ2n) is 25.2. The summed E-state index contributed by atoms with van der Waals surface area (Å²) in [4.78, 5) is 72.4. The topological polar surface area (TPSA) is 237 Å². The molecule has 19 heteroatoms. The van der Waals surface area contributed by atoms with Gasteiger partial charge in [-0.15, -0.1) is 0 Å². The van der Waals surface area contributed by atoms with Crippen LogP contribution in [-0.4, -0.2) is 96.7 Å². The Hall–Kier alpha value is -1.94. The molecule has 0 heterocycles. The van der Waals surface area contributed by atoms with Crippen LogP contribution in [0, 0.1) is 11.8 Å². The number of ether oxygens (including phenoxy) is 4. The first-order valence-electron chi connectivity index (χ1n) is 35.0. The quantitative estimate of drug-likeness (QED) is 0.0222. The summed E-state index contributed by atoms with van der Waals surface area (Å²) in [6.45, 7) is 9.44. The number of aliphatic hydroxyl groups is 1. The monoisotopic (exact) mass is 1270 g/mol. The van der Waals surface area contributed by atoms with Crippen LogP contribution in [0.25, 0.3) is 0 Å². The molecule has 0 aliphatic carbocycles. The van der Waals surface area contributed by atoms with Crippen LogP contribution in [-0.2, 0) is 65.4 Å². The first kappa shape index (κ1) is 84.1. The minimum Gasteiger partial charge on any atom is -0.462 e. The maximum absolute atomic E-state index is 13.0. The minimum atomic E-state index is -4.95. The minimum absolute atomic E-state index is 0.104. The van der Waals surface area contributed by atoms with Crippen molar-refractivity contribution in [1.82, 2.24) is 0 Å². The van der Waals surface area contributed by atoms with Gasteiger partial charge in [-0.1, -0.05) is 286 Å². The largest absolute Gasteiger partial charge is 0.472 e. The molecule has 86 heavy (non-hydrogen) atoms. The van der Waals surface area contributed by atoms with Crippen LogP contribution < -0.4 is 0 Å². The molecule has 0 bridgehead atoms. The molecule has 5 atom stereocenters. The van der Waals surface area contributed by atoms with Crippen LogP contribution in [0.3, 0.4) is 0 Å². The zero-order chi connectivity index (χ0) is 63.6. The third-order valence-electron chi connectivity index (χ3n) is 15.5. The van der Waals surface area contributed by atoms with Crippen LogP contribution in [0.4, 0.5) is 0 Å². The van der Waals surface area contributed by atoms with Gasteiger partial charge < -0.3 is 33.8 Å². The average Bonchev–Trinajstić information content (AvgIpc) is 3.58. The van der Waals surface area contributed by atoms with Crippen LogP contribution in [0.5, 0.6) is 0 Å². The van der Waals surface area contributed by atoms with Crippen LogP contribution in [0.15, 0.2) is 0 Å². The van der Waals surface area contributed by atoms with Gasteiger partial charge in [-0.3, -0.25) is 37.3 Å². The SMILES string of the molecule is CCCCCCCCCCCCCCCCC(=O)O[C@H](COC(=O)CCCCCCCCCCC(C)C)COP(=O)(O)OC[C@@H](O)COP(=O)(O)OC[C@@H](COC(=O)CCCCCCCCCCCC)OC(=O)CCCCCCCCCCC(C)C. The molecule has 510 valence electrons. The highest BCUT2D eigenvalue weighted by Crippen LogP contribution is 2.45. The van der Waals surface area contributed by atoms with Gasteiger partial charge in [-0.25, -0.2) is 9.13 Å². The molecule has 0 aromatic carbocycles. The van der Waals surface area contributed by atoms with E-state index in [1.54, 1.807) is 0 Å². The number of carbonyl (C=O) groups is 4. The maximum Gasteiger partial charge on any atom is 0.472 e. The standard InChI is InChI=1S/C67H130O17P2/c1-7-9-11-13-15-17-19-20-21-22-24-33-39-45-51-66(71)83-62(56-78-65(70)50-44-38-32-27-25-29-35-41-47-59(3)4)57-81-85(73,74)79-53-61(68)54-80-86(75,76)82-58-63(55-77-64(69)49-43-37-31-23-18-16-14-12-10-8-2)84-67(72)52-46-40-34-28-26-30-36-42-48-60(5)6/h59-63,68H,7-58H2,1-6H3,(H,73,74)(H,75,76)/t61-,62-,63-/m1/s1. The molecule has 0 spiro atoms. The van der Waals surface area contributed by atoms with Gasteiger partial charge in [0.15, 0.2) is 12.2 Å². The van der Waals surface area contributed by atoms with E-state index in [1.807, 2.05) is 0 Å². The van der Waals surface area contributed by atoms with Crippen molar-refractivity contribution in [3.05, 3.63) is 0 Å². The fourth-order valence-corrected chi connectivity index (χ4v) is 11.6. The van der Waals surface area contributed by atoms with Crippen molar-refractivity contribution < 1.29 is 80.2 Å². The average molecular weight is 1270 g/mol. The predicted octanol–water partition coefficient (Wildman–Crippen LogP) is 18.8. The summed E-state index contributed by atoms with van der Waals surface area (Å²) in [6, 6.07) is 0. The molecule has 0 aromatic rings. The number of aliphatic hydroxyl groups excluding tert-OH is 1. The van der Waals surface area contributed by atoms with Crippen molar-refractivity contribution in [2.24, 2.45) is 11.8 Å². The van der Waals surface area contributed by atoms with Crippen molar-refractivity contribution in [2.75, 3.05) is 39.6 Å². The van der Waals surface area contributed by atoms with E-state index in [2.05, 4.69) is 41.5 Å². The fraction of sp³-hybridized carbons (Fsp3) is 0.940. The van der Waals surface area contributed by atoms with Gasteiger partial charge in [0.1, 0.15) is 19.3 Å². The molecule has 0 aliphatic rings. The highest BCUT2D eigenvalue weighted by atomic mass is 31.2. The number of hydrogen-bond donors (Lipinski definition) is 3. The molecule has 17 nitrogen and oxygen atoms in total. The summed E-state index contributed by atoms with van der Waals surface area (Å²) in [6.07, 6.45) is 43.0. The van der Waals surface area contributed by atoms with E-state index in [4.69, 9.17) is 37.0 Å². The lowest BCUT2D eigenvalue weighted by atomic mass is 10.0. The number of unbranched alkanes of at least 4 members (excludes halogenated alkanes) is 36. The molecule has 0 aliphatic heterocycles. The molecule has 0 saturated heterocycles. The van der Waals surface area contributed by atoms with E-state index < -0.39 is 97.5 Å². The molecule has 0 saturated carbocycles. The van der Waals surface area contributed by atoms with Gasteiger partial charge in [-0.2, -0.15) is 0 Å². The van der Waals surface area contributed by atoms with E-state index in [1.165, 1.54) is 154 Å². The Morgan fingerprint density at radius 2 is 0.535 bits per heavy atom. The summed E-state index contributed by atoms with van der Waals surface area (Å²) < 4.78 is 68.1. The second kappa shape index (κ2) is 59.4. The molecule has 0 aromatic heterocycles. The lowest BCUT2D eigenvalue weighted by molar-refractivity contribution is -0.161. The third-order valence-corrected chi connectivity index (χ3v) is 17.4. The molecule has 2 unspecified atom stereocenters. The summed E-state index contributed by atoms with van der Waals surface area (Å²) in [5, 5.41) is 10.6. The van der Waals surface area contributed by atoms with Crippen molar-refractivity contribution in [1.29, 1.82) is 0 Å². The molecule has 3 N–H and O–H groups in total. The Morgan fingerprint density at radius 1 is 0.314 bits per heavy atom. The van der Waals surface area contributed by atoms with Gasteiger partial charge >= 0.3 is 39.5 Å². The number of esters is 4. The lowest BCUT2D eigenvalue weighted by Crippen LogP contribution is -2.30. The molecule has 0 radical (unpaired) electrons. The number of phosphoric acid groups is 2. The summed E-state index contributed by atoms with van der Waals surface area (Å²) in [7, 11) is -9.89. The predicted molar refractivity (Wildman–Crippen MR) is 345 cm³/mol. The second-order valence-corrected chi connectivity index (χ2v) is 28.1. The summed E-state index contributed by atoms with van der Waals surface area (Å²) in [5.41, 5.74) is 0. The van der Waals surface area contributed by atoms with Crippen molar-refractivity contribution in [3.8, 4) is 0 Å². The number of rotatable bonds is 66. The van der Waals surface area contributed by atoms with Crippen LogP contribution >= 0.6 is 15.6 Å². The van der Waals surface area contributed by atoms with Gasteiger partial charge in [0.2, 0.25) is 0 Å². The Balaban J connectivity index is 5.25. The third kappa shape index (κ3) is 60.9. The first-order valence-corrected chi connectivity index (χ1v) is 38.0.